The predicted octanol–water partition coefficient (Wildman–Crippen LogP) is 2.78. The highest BCUT2D eigenvalue weighted by molar-refractivity contribution is 6.05. The first-order valence-electron chi connectivity index (χ1n) is 8.28. The molecule has 0 aliphatic heterocycles. The molecule has 0 heterocycles. The summed E-state index contributed by atoms with van der Waals surface area (Å²) in [5, 5.41) is 5.33. The summed E-state index contributed by atoms with van der Waals surface area (Å²) in [7, 11) is 3.07. The van der Waals surface area contributed by atoms with Crippen LogP contribution in [0.3, 0.4) is 0 Å². The van der Waals surface area contributed by atoms with E-state index in [0.717, 1.165) is 0 Å². The Hall–Kier alpha value is -3.54. The molecule has 0 fully saturated rings. The Morgan fingerprint density at radius 2 is 1.74 bits per heavy atom. The number of hydrogen-bond donors (Lipinski definition) is 2. The molecule has 0 unspecified atom stereocenters. The van der Waals surface area contributed by atoms with Gasteiger partial charge in [0.2, 0.25) is 0 Å². The van der Waals surface area contributed by atoms with E-state index in [2.05, 4.69) is 17.2 Å². The number of amides is 2. The Balaban J connectivity index is 2.34. The zero-order valence-electron chi connectivity index (χ0n) is 15.3. The molecule has 0 radical (unpaired) electrons. The van der Waals surface area contributed by atoms with Gasteiger partial charge in [-0.05, 0) is 35.9 Å². The van der Waals surface area contributed by atoms with Gasteiger partial charge in [-0.25, -0.2) is 0 Å². The van der Waals surface area contributed by atoms with Crippen LogP contribution in [0.1, 0.15) is 15.9 Å². The van der Waals surface area contributed by atoms with Crippen molar-refractivity contribution in [3.63, 3.8) is 0 Å². The summed E-state index contributed by atoms with van der Waals surface area (Å²) in [6.07, 6.45) is 3.13. The van der Waals surface area contributed by atoms with E-state index in [1.807, 2.05) is 6.07 Å². The monoisotopic (exact) mass is 366 g/mol. The predicted molar refractivity (Wildman–Crippen MR) is 105 cm³/mol. The molecule has 6 heteroatoms. The average molecular weight is 366 g/mol. The number of carbonyl (C=O) groups is 2. The normalized spacial score (nSPS) is 10.7. The Morgan fingerprint density at radius 3 is 2.37 bits per heavy atom. The van der Waals surface area contributed by atoms with Gasteiger partial charge < -0.3 is 20.1 Å². The lowest BCUT2D eigenvalue weighted by Gasteiger charge is -2.12. The molecule has 27 heavy (non-hydrogen) atoms. The lowest BCUT2D eigenvalue weighted by atomic mass is 10.1. The van der Waals surface area contributed by atoms with Crippen LogP contribution in [0.25, 0.3) is 6.08 Å². The molecule has 0 saturated heterocycles. The van der Waals surface area contributed by atoms with Crippen molar-refractivity contribution in [3.05, 3.63) is 78.0 Å². The van der Waals surface area contributed by atoms with Crippen LogP contribution < -0.4 is 20.1 Å². The summed E-state index contributed by atoms with van der Waals surface area (Å²) < 4.78 is 10.5. The van der Waals surface area contributed by atoms with Crippen molar-refractivity contribution >= 4 is 17.9 Å². The van der Waals surface area contributed by atoms with Crippen LogP contribution >= 0.6 is 0 Å². The molecule has 0 bridgehead atoms. The summed E-state index contributed by atoms with van der Waals surface area (Å²) in [4.78, 5) is 24.9. The molecular formula is C21H22N2O4. The third kappa shape index (κ3) is 5.47. The molecule has 0 spiro atoms. The number of nitrogens with one attached hydrogen (secondary N) is 2. The SMILES string of the molecule is C=CCNC(=O)C(=Cc1ccc(OC)c(OC)c1)NC(=O)c1ccccc1. The Bertz CT molecular complexity index is 845. The second-order valence-electron chi connectivity index (χ2n) is 5.49. The third-order valence-corrected chi connectivity index (χ3v) is 3.65. The molecule has 2 aromatic rings. The Morgan fingerprint density at radius 1 is 1.04 bits per heavy atom. The van der Waals surface area contributed by atoms with Crippen LogP contribution in [-0.4, -0.2) is 32.6 Å². The van der Waals surface area contributed by atoms with Gasteiger partial charge in [-0.1, -0.05) is 30.3 Å². The molecule has 0 saturated carbocycles. The second-order valence-corrected chi connectivity index (χ2v) is 5.49. The standard InChI is InChI=1S/C21H22N2O4/c1-4-12-22-21(25)17(23-20(24)16-8-6-5-7-9-16)13-15-10-11-18(26-2)19(14-15)27-3/h4-11,13-14H,1,12H2,2-3H3,(H,22,25)(H,23,24). The lowest BCUT2D eigenvalue weighted by Crippen LogP contribution is -2.34. The molecule has 140 valence electrons. The van der Waals surface area contributed by atoms with E-state index in [4.69, 9.17) is 9.47 Å². The smallest absolute Gasteiger partial charge is 0.268 e. The molecule has 2 rings (SSSR count). The minimum Gasteiger partial charge on any atom is -0.493 e. The zero-order chi connectivity index (χ0) is 19.6. The summed E-state index contributed by atoms with van der Waals surface area (Å²) in [6.45, 7) is 3.86. The van der Waals surface area contributed by atoms with Gasteiger partial charge in [0, 0.05) is 12.1 Å². The van der Waals surface area contributed by atoms with Crippen molar-refractivity contribution in [2.24, 2.45) is 0 Å². The first-order chi connectivity index (χ1) is 13.1. The molecule has 0 aliphatic carbocycles. The fraction of sp³-hybridized carbons (Fsp3) is 0.143. The largest absolute Gasteiger partial charge is 0.493 e. The number of ether oxygens (including phenoxy) is 2. The highest BCUT2D eigenvalue weighted by atomic mass is 16.5. The summed E-state index contributed by atoms with van der Waals surface area (Å²) in [5.41, 5.74) is 1.23. The first-order valence-corrected chi connectivity index (χ1v) is 8.28. The Labute approximate surface area is 158 Å². The van der Waals surface area contributed by atoms with Crippen LogP contribution in [0, 0.1) is 0 Å². The van der Waals surface area contributed by atoms with E-state index in [1.54, 1.807) is 61.7 Å². The van der Waals surface area contributed by atoms with Gasteiger partial charge in [-0.3, -0.25) is 9.59 Å². The van der Waals surface area contributed by atoms with Crippen molar-refractivity contribution in [1.82, 2.24) is 10.6 Å². The fourth-order valence-corrected chi connectivity index (χ4v) is 2.31. The Kier molecular flexibility index (Phi) is 7.19. The van der Waals surface area contributed by atoms with Gasteiger partial charge in [0.1, 0.15) is 5.70 Å². The molecular weight excluding hydrogens is 344 g/mol. The highest BCUT2D eigenvalue weighted by Gasteiger charge is 2.14. The zero-order valence-corrected chi connectivity index (χ0v) is 15.3. The van der Waals surface area contributed by atoms with E-state index in [-0.39, 0.29) is 18.1 Å². The van der Waals surface area contributed by atoms with Crippen LogP contribution in [0.2, 0.25) is 0 Å². The van der Waals surface area contributed by atoms with Crippen molar-refractivity contribution in [2.75, 3.05) is 20.8 Å². The molecule has 6 nitrogen and oxygen atoms in total. The molecule has 2 amide bonds. The fourth-order valence-electron chi connectivity index (χ4n) is 2.31. The maximum atomic E-state index is 12.5. The topological polar surface area (TPSA) is 76.7 Å². The van der Waals surface area contributed by atoms with Crippen LogP contribution in [0.15, 0.2) is 66.9 Å². The number of benzene rings is 2. The van der Waals surface area contributed by atoms with E-state index >= 15 is 0 Å². The van der Waals surface area contributed by atoms with Crippen molar-refractivity contribution in [2.45, 2.75) is 0 Å². The van der Waals surface area contributed by atoms with Gasteiger partial charge in [-0.15, -0.1) is 6.58 Å². The molecule has 0 aliphatic rings. The minimum atomic E-state index is -0.422. The van der Waals surface area contributed by atoms with E-state index in [0.29, 0.717) is 22.6 Å². The molecule has 2 N–H and O–H groups in total. The number of carbonyl (C=O) groups excluding carboxylic acids is 2. The maximum Gasteiger partial charge on any atom is 0.268 e. The molecule has 0 aromatic heterocycles. The number of methoxy groups -OCH3 is 2. The third-order valence-electron chi connectivity index (χ3n) is 3.65. The van der Waals surface area contributed by atoms with E-state index in [9.17, 15) is 9.59 Å². The van der Waals surface area contributed by atoms with Gasteiger partial charge in [0.15, 0.2) is 11.5 Å². The van der Waals surface area contributed by atoms with Crippen molar-refractivity contribution < 1.29 is 19.1 Å². The number of hydrogen-bond acceptors (Lipinski definition) is 4. The van der Waals surface area contributed by atoms with Gasteiger partial charge in [-0.2, -0.15) is 0 Å². The van der Waals surface area contributed by atoms with Gasteiger partial charge in [0.05, 0.1) is 14.2 Å². The van der Waals surface area contributed by atoms with Crippen molar-refractivity contribution in [3.8, 4) is 11.5 Å². The first kappa shape index (κ1) is 19.8. The van der Waals surface area contributed by atoms with Crippen molar-refractivity contribution in [1.29, 1.82) is 0 Å². The maximum absolute atomic E-state index is 12.5. The van der Waals surface area contributed by atoms with Gasteiger partial charge in [0.25, 0.3) is 11.8 Å². The minimum absolute atomic E-state index is 0.109. The highest BCUT2D eigenvalue weighted by Crippen LogP contribution is 2.28. The average Bonchev–Trinajstić information content (AvgIpc) is 2.71. The summed E-state index contributed by atoms with van der Waals surface area (Å²) in [6, 6.07) is 13.9. The van der Waals surface area contributed by atoms with Crippen LogP contribution in [0.5, 0.6) is 11.5 Å². The van der Waals surface area contributed by atoms with Crippen LogP contribution in [0.4, 0.5) is 0 Å². The summed E-state index contributed by atoms with van der Waals surface area (Å²) >= 11 is 0. The molecule has 2 aromatic carbocycles. The van der Waals surface area contributed by atoms with Gasteiger partial charge >= 0.3 is 0 Å². The van der Waals surface area contributed by atoms with E-state index in [1.165, 1.54) is 7.11 Å². The van der Waals surface area contributed by atoms with Crippen LogP contribution in [-0.2, 0) is 4.79 Å². The second kappa shape index (κ2) is 9.82. The lowest BCUT2D eigenvalue weighted by molar-refractivity contribution is -0.117. The number of rotatable bonds is 8. The molecule has 0 atom stereocenters. The summed E-state index contributed by atoms with van der Waals surface area (Å²) in [5.74, 6) is 0.289. The van der Waals surface area contributed by atoms with E-state index < -0.39 is 5.91 Å². The quantitative estimate of drug-likeness (QED) is 0.556.